The highest BCUT2D eigenvalue weighted by Gasteiger charge is 2.18. The van der Waals surface area contributed by atoms with E-state index in [1.54, 1.807) is 48.5 Å². The van der Waals surface area contributed by atoms with E-state index in [1.165, 1.54) is 0 Å². The molecule has 5 nitrogen and oxygen atoms in total. The van der Waals surface area contributed by atoms with Crippen LogP contribution < -0.4 is 9.62 Å². The van der Waals surface area contributed by atoms with Gasteiger partial charge in [0.15, 0.2) is 0 Å². The minimum absolute atomic E-state index is 0.0107. The Morgan fingerprint density at radius 3 is 2.29 bits per heavy atom. The molecule has 0 fully saturated rings. The molecule has 2 rings (SSSR count). The van der Waals surface area contributed by atoms with Gasteiger partial charge in [-0.1, -0.05) is 35.3 Å². The maximum atomic E-state index is 12.1. The third kappa shape index (κ3) is 5.12. The number of hydrogen-bond acceptors (Lipinski definition) is 3. The number of nitrogens with one attached hydrogen (secondary N) is 1. The second-order valence-corrected chi connectivity index (χ2v) is 7.84. The molecule has 24 heavy (non-hydrogen) atoms. The molecule has 0 bridgehead atoms. The number of halogens is 2. The highest BCUT2D eigenvalue weighted by Crippen LogP contribution is 2.22. The standard InChI is InChI=1S/C16H16Cl2N2O3S/c1-24(22,23)20(13-8-6-12(17)7-9-13)11-10-16(21)19-15-5-3-2-4-14(15)18/h2-9H,10-11H2,1H3,(H,19,21). The third-order valence-corrected chi connectivity index (χ3v) is 4.98. The van der Waals surface area contributed by atoms with E-state index in [1.807, 2.05) is 0 Å². The molecule has 8 heteroatoms. The molecule has 1 amide bonds. The van der Waals surface area contributed by atoms with Crippen molar-refractivity contribution in [3.8, 4) is 0 Å². The number of carbonyl (C=O) groups excluding carboxylic acids is 1. The lowest BCUT2D eigenvalue weighted by atomic mass is 10.3. The van der Waals surface area contributed by atoms with Crippen molar-refractivity contribution in [3.05, 3.63) is 58.6 Å². The number of nitrogens with zero attached hydrogens (tertiary/aromatic N) is 1. The number of rotatable bonds is 6. The van der Waals surface area contributed by atoms with Crippen molar-refractivity contribution >= 4 is 50.5 Å². The van der Waals surface area contributed by atoms with Gasteiger partial charge >= 0.3 is 0 Å². The molecule has 0 radical (unpaired) electrons. The molecule has 0 aliphatic rings. The third-order valence-electron chi connectivity index (χ3n) is 3.20. The van der Waals surface area contributed by atoms with Crippen LogP contribution in [0.25, 0.3) is 0 Å². The van der Waals surface area contributed by atoms with Crippen LogP contribution in [-0.2, 0) is 14.8 Å². The Bertz CT molecular complexity index is 823. The van der Waals surface area contributed by atoms with Crippen molar-refractivity contribution in [1.82, 2.24) is 0 Å². The molecule has 2 aromatic carbocycles. The summed E-state index contributed by atoms with van der Waals surface area (Å²) in [5.41, 5.74) is 0.939. The summed E-state index contributed by atoms with van der Waals surface area (Å²) in [5.74, 6) is -0.328. The Morgan fingerprint density at radius 2 is 1.71 bits per heavy atom. The first-order valence-electron chi connectivity index (χ1n) is 7.05. The quantitative estimate of drug-likeness (QED) is 0.820. The summed E-state index contributed by atoms with van der Waals surface area (Å²) >= 11 is 11.8. The first-order valence-corrected chi connectivity index (χ1v) is 9.65. The lowest BCUT2D eigenvalue weighted by molar-refractivity contribution is -0.116. The van der Waals surface area contributed by atoms with Gasteiger partial charge in [0.05, 0.1) is 22.7 Å². The molecule has 0 atom stereocenters. The number of amides is 1. The van der Waals surface area contributed by atoms with Crippen LogP contribution in [0.1, 0.15) is 6.42 Å². The zero-order chi connectivity index (χ0) is 17.7. The lowest BCUT2D eigenvalue weighted by Gasteiger charge is -2.22. The Kier molecular flexibility index (Phi) is 6.10. The van der Waals surface area contributed by atoms with Gasteiger partial charge in [-0.2, -0.15) is 0 Å². The van der Waals surface area contributed by atoms with Gasteiger partial charge in [-0.25, -0.2) is 8.42 Å². The topological polar surface area (TPSA) is 66.5 Å². The van der Waals surface area contributed by atoms with E-state index < -0.39 is 10.0 Å². The summed E-state index contributed by atoms with van der Waals surface area (Å²) in [6.07, 6.45) is 1.08. The first-order chi connectivity index (χ1) is 11.3. The van der Waals surface area contributed by atoms with Crippen LogP contribution in [0.5, 0.6) is 0 Å². The minimum Gasteiger partial charge on any atom is -0.325 e. The van der Waals surface area contributed by atoms with E-state index in [9.17, 15) is 13.2 Å². The van der Waals surface area contributed by atoms with Crippen molar-refractivity contribution < 1.29 is 13.2 Å². The Labute approximate surface area is 151 Å². The molecule has 0 unspecified atom stereocenters. The van der Waals surface area contributed by atoms with Crippen molar-refractivity contribution in [1.29, 1.82) is 0 Å². The molecule has 0 heterocycles. The summed E-state index contributed by atoms with van der Waals surface area (Å²) in [4.78, 5) is 12.1. The van der Waals surface area contributed by atoms with Crippen molar-refractivity contribution in [2.24, 2.45) is 0 Å². The van der Waals surface area contributed by atoms with E-state index in [-0.39, 0.29) is 18.9 Å². The molecule has 2 aromatic rings. The number of sulfonamides is 1. The number of anilines is 2. The van der Waals surface area contributed by atoms with Crippen molar-refractivity contribution in [2.45, 2.75) is 6.42 Å². The molecule has 0 saturated carbocycles. The average molecular weight is 387 g/mol. The number of benzene rings is 2. The van der Waals surface area contributed by atoms with Gasteiger partial charge in [0, 0.05) is 18.0 Å². The predicted molar refractivity (Wildman–Crippen MR) is 98.3 cm³/mol. The summed E-state index contributed by atoms with van der Waals surface area (Å²) in [6.45, 7) is 0.0107. The molecule has 1 N–H and O–H groups in total. The maximum absolute atomic E-state index is 12.1. The van der Waals surface area contributed by atoms with Crippen LogP contribution in [0.3, 0.4) is 0 Å². The largest absolute Gasteiger partial charge is 0.325 e. The average Bonchev–Trinajstić information content (AvgIpc) is 2.50. The molecule has 0 aliphatic carbocycles. The van der Waals surface area contributed by atoms with E-state index in [0.717, 1.165) is 10.6 Å². The number of hydrogen-bond donors (Lipinski definition) is 1. The van der Waals surface area contributed by atoms with E-state index >= 15 is 0 Å². The smallest absolute Gasteiger partial charge is 0.232 e. The maximum Gasteiger partial charge on any atom is 0.232 e. The Balaban J connectivity index is 2.07. The molecule has 0 aliphatic heterocycles. The van der Waals surface area contributed by atoms with Gasteiger partial charge in [0.2, 0.25) is 15.9 Å². The predicted octanol–water partition coefficient (Wildman–Crippen LogP) is 3.79. The number of carbonyl (C=O) groups is 1. The van der Waals surface area contributed by atoms with Gasteiger partial charge in [0.1, 0.15) is 0 Å². The fourth-order valence-electron chi connectivity index (χ4n) is 2.07. The van der Waals surface area contributed by atoms with Crippen LogP contribution in [0.15, 0.2) is 48.5 Å². The Hall–Kier alpha value is -1.76. The lowest BCUT2D eigenvalue weighted by Crippen LogP contribution is -2.33. The highest BCUT2D eigenvalue weighted by atomic mass is 35.5. The fraction of sp³-hybridized carbons (Fsp3) is 0.188. The summed E-state index contributed by atoms with van der Waals surface area (Å²) in [5, 5.41) is 3.59. The molecular weight excluding hydrogens is 371 g/mol. The molecule has 0 spiro atoms. The van der Waals surface area contributed by atoms with Crippen molar-refractivity contribution in [2.75, 3.05) is 22.4 Å². The second-order valence-electron chi connectivity index (χ2n) is 5.09. The number of para-hydroxylation sites is 1. The molecular formula is C16H16Cl2N2O3S. The fourth-order valence-corrected chi connectivity index (χ4v) is 3.31. The van der Waals surface area contributed by atoms with Gasteiger partial charge < -0.3 is 5.32 Å². The molecule has 0 aromatic heterocycles. The Morgan fingerprint density at radius 1 is 1.08 bits per heavy atom. The van der Waals surface area contributed by atoms with Crippen LogP contribution >= 0.6 is 23.2 Å². The summed E-state index contributed by atoms with van der Waals surface area (Å²) in [7, 11) is -3.52. The van der Waals surface area contributed by atoms with Crippen LogP contribution in [-0.4, -0.2) is 27.1 Å². The molecule has 128 valence electrons. The SMILES string of the molecule is CS(=O)(=O)N(CCC(=O)Nc1ccccc1Cl)c1ccc(Cl)cc1. The van der Waals surface area contributed by atoms with Gasteiger partial charge in [-0.15, -0.1) is 0 Å². The normalized spacial score (nSPS) is 11.1. The van der Waals surface area contributed by atoms with Crippen LogP contribution in [0.2, 0.25) is 10.0 Å². The summed E-state index contributed by atoms with van der Waals surface area (Å²) < 4.78 is 25.1. The van der Waals surface area contributed by atoms with Crippen LogP contribution in [0, 0.1) is 0 Å². The zero-order valence-electron chi connectivity index (χ0n) is 12.9. The monoisotopic (exact) mass is 386 g/mol. The zero-order valence-corrected chi connectivity index (χ0v) is 15.2. The van der Waals surface area contributed by atoms with E-state index in [2.05, 4.69) is 5.32 Å². The molecule has 0 saturated heterocycles. The van der Waals surface area contributed by atoms with Gasteiger partial charge in [-0.3, -0.25) is 9.10 Å². The second kappa shape index (κ2) is 7.88. The van der Waals surface area contributed by atoms with Crippen LogP contribution in [0.4, 0.5) is 11.4 Å². The van der Waals surface area contributed by atoms with Gasteiger partial charge in [0.25, 0.3) is 0 Å². The van der Waals surface area contributed by atoms with Gasteiger partial charge in [-0.05, 0) is 36.4 Å². The highest BCUT2D eigenvalue weighted by molar-refractivity contribution is 7.92. The van der Waals surface area contributed by atoms with Crippen molar-refractivity contribution in [3.63, 3.8) is 0 Å². The van der Waals surface area contributed by atoms with E-state index in [4.69, 9.17) is 23.2 Å². The van der Waals surface area contributed by atoms with E-state index in [0.29, 0.717) is 21.4 Å². The minimum atomic E-state index is -3.52. The summed E-state index contributed by atoms with van der Waals surface area (Å²) in [6, 6.07) is 13.2. The first kappa shape index (κ1) is 18.6.